The highest BCUT2D eigenvalue weighted by atomic mass is 16.3. The molecule has 9 nitrogen and oxygen atoms in total. The molecular formula is C19H22N6O3. The molecule has 0 unspecified atom stereocenters. The standard InChI is InChI=1S/C19H22N6O3/c1-11(2)10-24-15-9-14(22-13-5-3-4-8-20-13)23-25(15)19(28)16(18(24)27)17(26)21-12-6-7-12/h3-5,8-9,11-12,28H,6-7,10H2,1-2H3,(H,21,26)(H,20,22,23). The van der Waals surface area contributed by atoms with Gasteiger partial charge >= 0.3 is 0 Å². The third kappa shape index (κ3) is 3.42. The Labute approximate surface area is 161 Å². The molecule has 3 aromatic rings. The van der Waals surface area contributed by atoms with Crippen molar-refractivity contribution in [3.63, 3.8) is 0 Å². The smallest absolute Gasteiger partial charge is 0.270 e. The normalized spacial score (nSPS) is 13.8. The predicted octanol–water partition coefficient (Wildman–Crippen LogP) is 1.89. The number of anilines is 2. The number of nitrogens with one attached hydrogen (secondary N) is 2. The molecule has 3 aromatic heterocycles. The summed E-state index contributed by atoms with van der Waals surface area (Å²) in [6, 6.07) is 7.13. The summed E-state index contributed by atoms with van der Waals surface area (Å²) < 4.78 is 2.69. The lowest BCUT2D eigenvalue weighted by Gasteiger charge is -2.14. The molecule has 0 aliphatic heterocycles. The van der Waals surface area contributed by atoms with Gasteiger partial charge in [-0.25, -0.2) is 4.98 Å². The van der Waals surface area contributed by atoms with Gasteiger partial charge in [-0.1, -0.05) is 19.9 Å². The fourth-order valence-electron chi connectivity index (χ4n) is 3.01. The Morgan fingerprint density at radius 1 is 1.32 bits per heavy atom. The van der Waals surface area contributed by atoms with Gasteiger partial charge in [-0.05, 0) is 30.9 Å². The van der Waals surface area contributed by atoms with Crippen molar-refractivity contribution in [2.45, 2.75) is 39.3 Å². The first-order valence-electron chi connectivity index (χ1n) is 9.28. The fourth-order valence-corrected chi connectivity index (χ4v) is 3.01. The maximum atomic E-state index is 13.0. The summed E-state index contributed by atoms with van der Waals surface area (Å²) in [5, 5.41) is 20.8. The van der Waals surface area contributed by atoms with Crippen LogP contribution in [-0.2, 0) is 6.54 Å². The number of pyridine rings is 1. The van der Waals surface area contributed by atoms with Gasteiger partial charge in [0.25, 0.3) is 11.5 Å². The van der Waals surface area contributed by atoms with Crippen LogP contribution in [0.1, 0.15) is 37.0 Å². The largest absolute Gasteiger partial charge is 0.492 e. The highest BCUT2D eigenvalue weighted by Crippen LogP contribution is 2.24. The van der Waals surface area contributed by atoms with E-state index in [9.17, 15) is 14.7 Å². The molecular weight excluding hydrogens is 360 g/mol. The summed E-state index contributed by atoms with van der Waals surface area (Å²) in [5.74, 6) is 0.111. The summed E-state index contributed by atoms with van der Waals surface area (Å²) in [7, 11) is 0. The van der Waals surface area contributed by atoms with E-state index in [1.165, 1.54) is 9.08 Å². The van der Waals surface area contributed by atoms with Crippen LogP contribution in [0.2, 0.25) is 0 Å². The molecule has 146 valence electrons. The predicted molar refractivity (Wildman–Crippen MR) is 104 cm³/mol. The van der Waals surface area contributed by atoms with E-state index in [1.807, 2.05) is 19.9 Å². The van der Waals surface area contributed by atoms with Crippen molar-refractivity contribution in [2.75, 3.05) is 5.32 Å². The molecule has 0 atom stereocenters. The molecule has 1 aliphatic rings. The van der Waals surface area contributed by atoms with Crippen molar-refractivity contribution in [1.82, 2.24) is 24.5 Å². The minimum atomic E-state index is -0.570. The highest BCUT2D eigenvalue weighted by molar-refractivity contribution is 5.96. The first-order chi connectivity index (χ1) is 13.4. The van der Waals surface area contributed by atoms with Gasteiger partial charge in [0.15, 0.2) is 11.4 Å². The molecule has 0 bridgehead atoms. The zero-order valence-corrected chi connectivity index (χ0v) is 15.7. The van der Waals surface area contributed by atoms with Crippen LogP contribution < -0.4 is 16.2 Å². The second-order valence-corrected chi connectivity index (χ2v) is 7.40. The molecule has 9 heteroatoms. The number of amides is 1. The van der Waals surface area contributed by atoms with E-state index in [2.05, 4.69) is 20.7 Å². The summed E-state index contributed by atoms with van der Waals surface area (Å²) >= 11 is 0. The Hall–Kier alpha value is -3.36. The summed E-state index contributed by atoms with van der Waals surface area (Å²) in [6.45, 7) is 4.34. The zero-order valence-electron chi connectivity index (χ0n) is 15.7. The molecule has 0 aromatic carbocycles. The SMILES string of the molecule is CC(C)Cn1c(=O)c(C(=O)NC2CC2)c(O)n2nc(Nc3ccccn3)cc12. The average molecular weight is 382 g/mol. The van der Waals surface area contributed by atoms with E-state index in [4.69, 9.17) is 0 Å². The molecule has 1 fully saturated rings. The molecule has 3 heterocycles. The van der Waals surface area contributed by atoms with E-state index in [-0.39, 0.29) is 17.5 Å². The van der Waals surface area contributed by atoms with Crippen LogP contribution in [0.3, 0.4) is 0 Å². The Morgan fingerprint density at radius 3 is 2.75 bits per heavy atom. The molecule has 4 rings (SSSR count). The molecule has 0 radical (unpaired) electrons. The number of hydrogen-bond acceptors (Lipinski definition) is 6. The van der Waals surface area contributed by atoms with Crippen molar-refractivity contribution in [3.05, 3.63) is 46.4 Å². The van der Waals surface area contributed by atoms with Crippen molar-refractivity contribution < 1.29 is 9.90 Å². The second kappa shape index (κ2) is 6.99. The molecule has 0 saturated heterocycles. The van der Waals surface area contributed by atoms with Crippen LogP contribution in [0, 0.1) is 5.92 Å². The van der Waals surface area contributed by atoms with Crippen molar-refractivity contribution in [2.24, 2.45) is 5.92 Å². The Bertz CT molecular complexity index is 1080. The van der Waals surface area contributed by atoms with Gasteiger partial charge < -0.3 is 15.7 Å². The molecule has 1 amide bonds. The number of rotatable bonds is 6. The summed E-state index contributed by atoms with van der Waals surface area (Å²) in [4.78, 5) is 29.8. The van der Waals surface area contributed by atoms with Gasteiger partial charge in [0.1, 0.15) is 11.5 Å². The second-order valence-electron chi connectivity index (χ2n) is 7.40. The monoisotopic (exact) mass is 382 g/mol. The first kappa shape index (κ1) is 18.0. The fraction of sp³-hybridized carbons (Fsp3) is 0.368. The number of carbonyl (C=O) groups excluding carboxylic acids is 1. The minimum Gasteiger partial charge on any atom is -0.492 e. The Morgan fingerprint density at radius 2 is 2.11 bits per heavy atom. The lowest BCUT2D eigenvalue weighted by Crippen LogP contribution is -2.36. The lowest BCUT2D eigenvalue weighted by atomic mass is 10.2. The van der Waals surface area contributed by atoms with E-state index in [1.54, 1.807) is 24.4 Å². The van der Waals surface area contributed by atoms with E-state index < -0.39 is 17.3 Å². The lowest BCUT2D eigenvalue weighted by molar-refractivity contribution is 0.0944. The van der Waals surface area contributed by atoms with E-state index in [0.29, 0.717) is 23.8 Å². The van der Waals surface area contributed by atoms with Crippen LogP contribution in [-0.4, -0.2) is 36.2 Å². The molecule has 3 N–H and O–H groups in total. The number of aromatic hydroxyl groups is 1. The third-order valence-electron chi connectivity index (χ3n) is 4.46. The Kier molecular flexibility index (Phi) is 4.50. The van der Waals surface area contributed by atoms with Crippen LogP contribution >= 0.6 is 0 Å². The quantitative estimate of drug-likeness (QED) is 0.600. The van der Waals surface area contributed by atoms with Gasteiger partial charge in [-0.15, -0.1) is 5.10 Å². The van der Waals surface area contributed by atoms with E-state index in [0.717, 1.165) is 12.8 Å². The molecule has 1 saturated carbocycles. The van der Waals surface area contributed by atoms with Crippen molar-refractivity contribution in [1.29, 1.82) is 0 Å². The molecule has 28 heavy (non-hydrogen) atoms. The summed E-state index contributed by atoms with van der Waals surface area (Å²) in [5.41, 5.74) is -0.411. The first-order valence-corrected chi connectivity index (χ1v) is 9.28. The maximum Gasteiger partial charge on any atom is 0.270 e. The molecule has 1 aliphatic carbocycles. The van der Waals surface area contributed by atoms with Gasteiger partial charge in [0.05, 0.1) is 0 Å². The van der Waals surface area contributed by atoms with Crippen molar-refractivity contribution >= 4 is 23.2 Å². The summed E-state index contributed by atoms with van der Waals surface area (Å²) in [6.07, 6.45) is 3.41. The highest BCUT2D eigenvalue weighted by Gasteiger charge is 2.29. The van der Waals surface area contributed by atoms with Gasteiger partial charge in [-0.3, -0.25) is 14.2 Å². The Balaban J connectivity index is 1.83. The number of aromatic nitrogens is 4. The minimum absolute atomic E-state index is 0.0690. The third-order valence-corrected chi connectivity index (χ3v) is 4.46. The number of nitrogens with zero attached hydrogens (tertiary/aromatic N) is 4. The maximum absolute atomic E-state index is 13.0. The van der Waals surface area contributed by atoms with Crippen LogP contribution in [0.25, 0.3) is 5.65 Å². The molecule has 0 spiro atoms. The number of carbonyl (C=O) groups is 1. The number of fused-ring (bicyclic) bond motifs is 1. The van der Waals surface area contributed by atoms with Gasteiger partial charge in [-0.2, -0.15) is 4.52 Å². The topological polar surface area (TPSA) is 114 Å². The van der Waals surface area contributed by atoms with Crippen LogP contribution in [0.4, 0.5) is 11.6 Å². The van der Waals surface area contributed by atoms with Gasteiger partial charge in [0, 0.05) is 24.8 Å². The van der Waals surface area contributed by atoms with Crippen LogP contribution in [0.5, 0.6) is 5.88 Å². The average Bonchev–Trinajstić information content (AvgIpc) is 3.36. The number of hydrogen-bond donors (Lipinski definition) is 3. The van der Waals surface area contributed by atoms with E-state index >= 15 is 0 Å². The zero-order chi connectivity index (χ0) is 19.8. The van der Waals surface area contributed by atoms with Crippen LogP contribution in [0.15, 0.2) is 35.3 Å². The van der Waals surface area contributed by atoms with Gasteiger partial charge in [0.2, 0.25) is 5.88 Å². The van der Waals surface area contributed by atoms with Crippen molar-refractivity contribution in [3.8, 4) is 5.88 Å².